The van der Waals surface area contributed by atoms with Crippen molar-refractivity contribution in [3.63, 3.8) is 0 Å². The van der Waals surface area contributed by atoms with E-state index in [2.05, 4.69) is 0 Å². The zero-order valence-corrected chi connectivity index (χ0v) is 11.8. The van der Waals surface area contributed by atoms with Gasteiger partial charge in [0, 0.05) is 25.6 Å². The van der Waals surface area contributed by atoms with E-state index in [4.69, 9.17) is 9.47 Å². The summed E-state index contributed by atoms with van der Waals surface area (Å²) in [6.07, 6.45) is -0.0886. The Morgan fingerprint density at radius 3 is 2.67 bits per heavy atom. The van der Waals surface area contributed by atoms with Crippen molar-refractivity contribution in [3.8, 4) is 0 Å². The van der Waals surface area contributed by atoms with Crippen LogP contribution in [0.25, 0.3) is 0 Å². The van der Waals surface area contributed by atoms with Crippen LogP contribution in [0, 0.1) is 5.92 Å². The van der Waals surface area contributed by atoms with Crippen LogP contribution in [0.3, 0.4) is 0 Å². The van der Waals surface area contributed by atoms with Crippen molar-refractivity contribution in [1.29, 1.82) is 0 Å². The van der Waals surface area contributed by atoms with E-state index in [1.54, 1.807) is 4.90 Å². The third-order valence-corrected chi connectivity index (χ3v) is 2.92. The molecule has 1 aliphatic heterocycles. The Balaban J connectivity index is 2.52. The molecule has 1 rings (SSSR count). The highest BCUT2D eigenvalue weighted by atomic mass is 16.6. The molecule has 0 spiro atoms. The molecule has 1 aliphatic rings. The standard InChI is InChI=1S/C13H25NO4/c1-5-14(12(16)18-13(2,3)4)8-10-9-17-7-6-11(10)15/h10-11,15H,5-9H2,1-4H3/t10?,11-/m0/s1. The van der Waals surface area contributed by atoms with Gasteiger partial charge in [-0.15, -0.1) is 0 Å². The molecule has 1 saturated heterocycles. The molecule has 0 aliphatic carbocycles. The largest absolute Gasteiger partial charge is 0.444 e. The van der Waals surface area contributed by atoms with Crippen molar-refractivity contribution in [2.75, 3.05) is 26.3 Å². The number of carbonyl (C=O) groups is 1. The lowest BCUT2D eigenvalue weighted by molar-refractivity contribution is -0.0487. The maximum Gasteiger partial charge on any atom is 0.410 e. The number of aliphatic hydroxyl groups excluding tert-OH is 1. The summed E-state index contributed by atoms with van der Waals surface area (Å²) >= 11 is 0. The van der Waals surface area contributed by atoms with E-state index in [1.807, 2.05) is 27.7 Å². The molecule has 1 fully saturated rings. The van der Waals surface area contributed by atoms with E-state index in [1.165, 1.54) is 0 Å². The number of hydrogen-bond donors (Lipinski definition) is 1. The number of nitrogens with zero attached hydrogens (tertiary/aromatic N) is 1. The average Bonchev–Trinajstić information content (AvgIpc) is 2.25. The van der Waals surface area contributed by atoms with E-state index >= 15 is 0 Å². The Bertz CT molecular complexity index is 275. The van der Waals surface area contributed by atoms with Gasteiger partial charge in [-0.3, -0.25) is 0 Å². The van der Waals surface area contributed by atoms with Gasteiger partial charge in [-0.1, -0.05) is 0 Å². The molecular formula is C13H25NO4. The Morgan fingerprint density at radius 2 is 2.17 bits per heavy atom. The first-order valence-electron chi connectivity index (χ1n) is 6.57. The Morgan fingerprint density at radius 1 is 1.50 bits per heavy atom. The van der Waals surface area contributed by atoms with Crippen LogP contribution in [-0.4, -0.2) is 54.1 Å². The summed E-state index contributed by atoms with van der Waals surface area (Å²) in [6, 6.07) is 0. The highest BCUT2D eigenvalue weighted by molar-refractivity contribution is 5.68. The molecule has 0 saturated carbocycles. The summed E-state index contributed by atoms with van der Waals surface area (Å²) in [5.74, 6) is -0.0220. The van der Waals surface area contributed by atoms with Crippen LogP contribution in [0.2, 0.25) is 0 Å². The van der Waals surface area contributed by atoms with Gasteiger partial charge in [0.05, 0.1) is 12.7 Å². The van der Waals surface area contributed by atoms with Gasteiger partial charge in [0.15, 0.2) is 0 Å². The number of aliphatic hydroxyl groups is 1. The van der Waals surface area contributed by atoms with E-state index in [0.29, 0.717) is 32.7 Å². The number of hydrogen-bond acceptors (Lipinski definition) is 4. The minimum absolute atomic E-state index is 0.0220. The normalized spacial score (nSPS) is 24.7. The third kappa shape index (κ3) is 4.82. The maximum atomic E-state index is 12.0. The molecule has 0 radical (unpaired) electrons. The average molecular weight is 259 g/mol. The number of carbonyl (C=O) groups excluding carboxylic acids is 1. The number of ether oxygens (including phenoxy) is 2. The molecular weight excluding hydrogens is 234 g/mol. The smallest absolute Gasteiger partial charge is 0.410 e. The Labute approximate surface area is 109 Å². The Hall–Kier alpha value is -0.810. The van der Waals surface area contributed by atoms with Crippen LogP contribution in [0.5, 0.6) is 0 Å². The second-order valence-corrected chi connectivity index (χ2v) is 5.71. The molecule has 1 N–H and O–H groups in total. The molecule has 5 nitrogen and oxygen atoms in total. The topological polar surface area (TPSA) is 59.0 Å². The first-order valence-corrected chi connectivity index (χ1v) is 6.57. The van der Waals surface area contributed by atoms with Gasteiger partial charge >= 0.3 is 6.09 Å². The van der Waals surface area contributed by atoms with Crippen molar-refractivity contribution in [1.82, 2.24) is 4.90 Å². The fraction of sp³-hybridized carbons (Fsp3) is 0.923. The summed E-state index contributed by atoms with van der Waals surface area (Å²) in [4.78, 5) is 13.6. The van der Waals surface area contributed by atoms with Gasteiger partial charge < -0.3 is 19.5 Å². The number of rotatable bonds is 3. The summed E-state index contributed by atoms with van der Waals surface area (Å²) in [5, 5.41) is 9.87. The summed E-state index contributed by atoms with van der Waals surface area (Å²) < 4.78 is 10.7. The fourth-order valence-electron chi connectivity index (χ4n) is 1.90. The lowest BCUT2D eigenvalue weighted by Gasteiger charge is -2.33. The van der Waals surface area contributed by atoms with Gasteiger partial charge in [-0.05, 0) is 34.1 Å². The molecule has 1 amide bonds. The molecule has 106 valence electrons. The monoisotopic (exact) mass is 259 g/mol. The highest BCUT2D eigenvalue weighted by Crippen LogP contribution is 2.17. The summed E-state index contributed by atoms with van der Waals surface area (Å²) in [7, 11) is 0. The predicted molar refractivity (Wildman–Crippen MR) is 68.4 cm³/mol. The molecule has 0 aromatic rings. The van der Waals surface area contributed by atoms with Crippen LogP contribution in [-0.2, 0) is 9.47 Å². The molecule has 0 aromatic carbocycles. The van der Waals surface area contributed by atoms with Gasteiger partial charge in [-0.25, -0.2) is 4.79 Å². The van der Waals surface area contributed by atoms with Gasteiger partial charge in [0.2, 0.25) is 0 Å². The molecule has 1 heterocycles. The predicted octanol–water partition coefficient (Wildman–Crippen LogP) is 1.64. The minimum Gasteiger partial charge on any atom is -0.444 e. The zero-order chi connectivity index (χ0) is 13.8. The van der Waals surface area contributed by atoms with Gasteiger partial charge in [0.25, 0.3) is 0 Å². The molecule has 0 bridgehead atoms. The van der Waals surface area contributed by atoms with Crippen LogP contribution in [0.4, 0.5) is 4.79 Å². The molecule has 5 heteroatoms. The van der Waals surface area contributed by atoms with Gasteiger partial charge in [-0.2, -0.15) is 0 Å². The maximum absolute atomic E-state index is 12.0. The zero-order valence-electron chi connectivity index (χ0n) is 11.8. The molecule has 2 atom stereocenters. The van der Waals surface area contributed by atoms with Crippen molar-refractivity contribution in [2.24, 2.45) is 5.92 Å². The van der Waals surface area contributed by atoms with Crippen molar-refractivity contribution >= 4 is 6.09 Å². The molecule has 1 unspecified atom stereocenters. The quantitative estimate of drug-likeness (QED) is 0.837. The fourth-order valence-corrected chi connectivity index (χ4v) is 1.90. The summed E-state index contributed by atoms with van der Waals surface area (Å²) in [6.45, 7) is 9.58. The van der Waals surface area contributed by atoms with Crippen molar-refractivity contribution < 1.29 is 19.4 Å². The summed E-state index contributed by atoms with van der Waals surface area (Å²) in [5.41, 5.74) is -0.494. The first-order chi connectivity index (χ1) is 8.33. The first kappa shape index (κ1) is 15.2. The van der Waals surface area contributed by atoms with Gasteiger partial charge in [0.1, 0.15) is 5.60 Å². The van der Waals surface area contributed by atoms with Crippen molar-refractivity contribution in [3.05, 3.63) is 0 Å². The van der Waals surface area contributed by atoms with E-state index in [-0.39, 0.29) is 12.0 Å². The van der Waals surface area contributed by atoms with Crippen LogP contribution >= 0.6 is 0 Å². The van der Waals surface area contributed by atoms with Crippen LogP contribution in [0.15, 0.2) is 0 Å². The van der Waals surface area contributed by atoms with E-state index < -0.39 is 11.7 Å². The molecule has 18 heavy (non-hydrogen) atoms. The van der Waals surface area contributed by atoms with Crippen LogP contribution in [0.1, 0.15) is 34.1 Å². The number of amides is 1. The third-order valence-electron chi connectivity index (χ3n) is 2.92. The van der Waals surface area contributed by atoms with E-state index in [9.17, 15) is 9.90 Å². The second kappa shape index (κ2) is 6.38. The van der Waals surface area contributed by atoms with E-state index in [0.717, 1.165) is 0 Å². The Kier molecular flexibility index (Phi) is 5.41. The lowest BCUT2D eigenvalue weighted by atomic mass is 9.98. The van der Waals surface area contributed by atoms with Crippen LogP contribution < -0.4 is 0 Å². The van der Waals surface area contributed by atoms with Crippen molar-refractivity contribution in [2.45, 2.75) is 45.8 Å². The highest BCUT2D eigenvalue weighted by Gasteiger charge is 2.29. The minimum atomic E-state index is -0.494. The second-order valence-electron chi connectivity index (χ2n) is 5.71. The lowest BCUT2D eigenvalue weighted by Crippen LogP contribution is -2.45. The SMILES string of the molecule is CCN(CC1COCC[C@@H]1O)C(=O)OC(C)(C)C. The molecule has 0 aromatic heterocycles.